The third-order valence-electron chi connectivity index (χ3n) is 4.23. The molecule has 2 N–H and O–H groups in total. The molecule has 0 unspecified atom stereocenters. The minimum Gasteiger partial charge on any atom is -0.370 e. The highest BCUT2D eigenvalue weighted by atomic mass is 32.2. The molecule has 0 bridgehead atoms. The Hall–Kier alpha value is -2.93. The van der Waals surface area contributed by atoms with Gasteiger partial charge < -0.3 is 5.32 Å². The zero-order chi connectivity index (χ0) is 20.0. The molecule has 1 aromatic heterocycles. The van der Waals surface area contributed by atoms with Crippen LogP contribution in [0.25, 0.3) is 0 Å². The number of sulfonamides is 1. The molecule has 7 heteroatoms. The van der Waals surface area contributed by atoms with Gasteiger partial charge in [0.05, 0.1) is 16.8 Å². The molecule has 0 radical (unpaired) electrons. The van der Waals surface area contributed by atoms with Gasteiger partial charge in [0.15, 0.2) is 0 Å². The van der Waals surface area contributed by atoms with Gasteiger partial charge in [0.1, 0.15) is 11.6 Å². The molecular weight excluding hydrogens is 377 g/mol. The maximum atomic E-state index is 13.2. The van der Waals surface area contributed by atoms with Gasteiger partial charge in [-0.2, -0.15) is 0 Å². The van der Waals surface area contributed by atoms with E-state index in [0.717, 1.165) is 25.5 Å². The zero-order valence-corrected chi connectivity index (χ0v) is 16.3. The third kappa shape index (κ3) is 5.29. The first-order valence-electron chi connectivity index (χ1n) is 8.97. The van der Waals surface area contributed by atoms with E-state index in [1.54, 1.807) is 19.1 Å². The number of benzene rings is 2. The Kier molecular flexibility index (Phi) is 6.26. The predicted molar refractivity (Wildman–Crippen MR) is 109 cm³/mol. The fraction of sp³-hybridized carbons (Fsp3) is 0.190. The van der Waals surface area contributed by atoms with Crippen LogP contribution in [0, 0.1) is 12.7 Å². The first-order chi connectivity index (χ1) is 13.4. The Bertz CT molecular complexity index is 1020. The summed E-state index contributed by atoms with van der Waals surface area (Å²) in [4.78, 5) is 4.28. The van der Waals surface area contributed by atoms with Crippen LogP contribution in [-0.4, -0.2) is 19.9 Å². The maximum absolute atomic E-state index is 13.2. The van der Waals surface area contributed by atoms with Crippen LogP contribution in [-0.2, 0) is 16.4 Å². The summed E-state index contributed by atoms with van der Waals surface area (Å²) in [6.45, 7) is 2.32. The van der Waals surface area contributed by atoms with Gasteiger partial charge in [-0.3, -0.25) is 4.72 Å². The Morgan fingerprint density at radius 1 is 1.04 bits per heavy atom. The van der Waals surface area contributed by atoms with E-state index < -0.39 is 15.8 Å². The lowest BCUT2D eigenvalue weighted by atomic mass is 10.1. The Morgan fingerprint density at radius 2 is 1.82 bits per heavy atom. The monoisotopic (exact) mass is 399 g/mol. The van der Waals surface area contributed by atoms with Crippen LogP contribution in [0.3, 0.4) is 0 Å². The number of pyridine rings is 1. The number of aromatic nitrogens is 1. The number of anilines is 2. The van der Waals surface area contributed by atoms with Crippen LogP contribution in [0.1, 0.15) is 17.5 Å². The van der Waals surface area contributed by atoms with Crippen molar-refractivity contribution in [3.63, 3.8) is 0 Å². The molecule has 0 aliphatic rings. The maximum Gasteiger partial charge on any atom is 0.262 e. The highest BCUT2D eigenvalue weighted by Gasteiger charge is 2.17. The Balaban J connectivity index is 1.55. The van der Waals surface area contributed by atoms with Gasteiger partial charge >= 0.3 is 0 Å². The molecule has 0 aliphatic carbocycles. The van der Waals surface area contributed by atoms with Crippen LogP contribution in [0.5, 0.6) is 0 Å². The second-order valence-corrected chi connectivity index (χ2v) is 8.11. The molecule has 0 aliphatic heterocycles. The second kappa shape index (κ2) is 8.84. The van der Waals surface area contributed by atoms with E-state index in [2.05, 4.69) is 27.2 Å². The lowest BCUT2D eigenvalue weighted by Crippen LogP contribution is -2.14. The van der Waals surface area contributed by atoms with E-state index in [4.69, 9.17) is 0 Å². The minimum absolute atomic E-state index is 0.0389. The van der Waals surface area contributed by atoms with Gasteiger partial charge in [-0.15, -0.1) is 0 Å². The molecule has 3 rings (SSSR count). The molecule has 2 aromatic carbocycles. The van der Waals surface area contributed by atoms with Crippen molar-refractivity contribution in [2.45, 2.75) is 24.7 Å². The average molecular weight is 399 g/mol. The van der Waals surface area contributed by atoms with Gasteiger partial charge in [-0.05, 0) is 61.2 Å². The van der Waals surface area contributed by atoms with Crippen molar-refractivity contribution in [2.24, 2.45) is 0 Å². The molecule has 5 nitrogen and oxygen atoms in total. The molecular formula is C21H22FN3O2S. The van der Waals surface area contributed by atoms with Crippen molar-refractivity contribution >= 4 is 21.5 Å². The molecule has 3 aromatic rings. The van der Waals surface area contributed by atoms with Crippen LogP contribution in [0.4, 0.5) is 15.9 Å². The van der Waals surface area contributed by atoms with Gasteiger partial charge in [0, 0.05) is 6.54 Å². The third-order valence-corrected chi connectivity index (χ3v) is 5.77. The first kappa shape index (κ1) is 19.8. The summed E-state index contributed by atoms with van der Waals surface area (Å²) in [5.74, 6) is 0.204. The summed E-state index contributed by atoms with van der Waals surface area (Å²) >= 11 is 0. The summed E-state index contributed by atoms with van der Waals surface area (Å²) in [6.07, 6.45) is 3.39. The van der Waals surface area contributed by atoms with E-state index in [1.807, 2.05) is 18.2 Å². The van der Waals surface area contributed by atoms with Gasteiger partial charge in [-0.1, -0.05) is 30.3 Å². The summed E-state index contributed by atoms with van der Waals surface area (Å²) in [5.41, 5.74) is 1.98. The van der Waals surface area contributed by atoms with Crippen molar-refractivity contribution in [2.75, 3.05) is 16.6 Å². The SMILES string of the molecule is Cc1cc(F)ccc1S(=O)(=O)Nc1ccc(NCCCc2ccccc2)nc1. The molecule has 0 saturated carbocycles. The van der Waals surface area contributed by atoms with Crippen LogP contribution < -0.4 is 10.0 Å². The van der Waals surface area contributed by atoms with Crippen molar-refractivity contribution in [3.05, 3.63) is 83.8 Å². The summed E-state index contributed by atoms with van der Waals surface area (Å²) in [5, 5.41) is 3.22. The molecule has 28 heavy (non-hydrogen) atoms. The Labute approximate surface area is 164 Å². The predicted octanol–water partition coefficient (Wildman–Crippen LogP) is 4.37. The van der Waals surface area contributed by atoms with Crippen LogP contribution >= 0.6 is 0 Å². The zero-order valence-electron chi connectivity index (χ0n) is 15.5. The normalized spacial score (nSPS) is 11.2. The van der Waals surface area contributed by atoms with E-state index in [1.165, 1.54) is 23.9 Å². The summed E-state index contributed by atoms with van der Waals surface area (Å²) in [6, 6.07) is 17.2. The number of hydrogen-bond acceptors (Lipinski definition) is 4. The topological polar surface area (TPSA) is 71.1 Å². The van der Waals surface area contributed by atoms with Gasteiger partial charge in [0.25, 0.3) is 10.0 Å². The molecule has 0 spiro atoms. The average Bonchev–Trinajstić information content (AvgIpc) is 2.67. The van der Waals surface area contributed by atoms with Crippen molar-refractivity contribution in [1.29, 1.82) is 0 Å². The van der Waals surface area contributed by atoms with Crippen LogP contribution in [0.2, 0.25) is 0 Å². The van der Waals surface area contributed by atoms with E-state index in [-0.39, 0.29) is 4.90 Å². The minimum atomic E-state index is -3.80. The lowest BCUT2D eigenvalue weighted by molar-refractivity contribution is 0.598. The number of halogens is 1. The highest BCUT2D eigenvalue weighted by Crippen LogP contribution is 2.20. The molecule has 146 valence electrons. The van der Waals surface area contributed by atoms with E-state index in [0.29, 0.717) is 17.1 Å². The number of nitrogens with one attached hydrogen (secondary N) is 2. The summed E-state index contributed by atoms with van der Waals surface area (Å²) < 4.78 is 40.6. The molecule has 0 saturated heterocycles. The van der Waals surface area contributed by atoms with Crippen LogP contribution in [0.15, 0.2) is 71.8 Å². The molecule has 0 atom stereocenters. The van der Waals surface area contributed by atoms with Crippen molar-refractivity contribution in [1.82, 2.24) is 4.98 Å². The second-order valence-electron chi connectivity index (χ2n) is 6.46. The number of aryl methyl sites for hydroxylation is 2. The van der Waals surface area contributed by atoms with E-state index in [9.17, 15) is 12.8 Å². The number of nitrogens with zero attached hydrogens (tertiary/aromatic N) is 1. The Morgan fingerprint density at radius 3 is 2.50 bits per heavy atom. The molecule has 0 amide bonds. The molecule has 1 heterocycles. The standard InChI is InChI=1S/C21H22FN3O2S/c1-16-14-18(22)9-11-20(16)28(26,27)25-19-10-12-21(24-15-19)23-13-5-8-17-6-3-2-4-7-17/h2-4,6-7,9-12,14-15,25H,5,8,13H2,1H3,(H,23,24). The van der Waals surface area contributed by atoms with Gasteiger partial charge in [-0.25, -0.2) is 17.8 Å². The fourth-order valence-electron chi connectivity index (χ4n) is 2.84. The van der Waals surface area contributed by atoms with Crippen molar-refractivity contribution < 1.29 is 12.8 Å². The highest BCUT2D eigenvalue weighted by molar-refractivity contribution is 7.92. The first-order valence-corrected chi connectivity index (χ1v) is 10.5. The van der Waals surface area contributed by atoms with Gasteiger partial charge in [0.2, 0.25) is 0 Å². The van der Waals surface area contributed by atoms with Crippen molar-refractivity contribution in [3.8, 4) is 0 Å². The number of rotatable bonds is 8. The quantitative estimate of drug-likeness (QED) is 0.552. The summed E-state index contributed by atoms with van der Waals surface area (Å²) in [7, 11) is -3.80. The largest absolute Gasteiger partial charge is 0.370 e. The lowest BCUT2D eigenvalue weighted by Gasteiger charge is -2.11. The fourth-order valence-corrected chi connectivity index (χ4v) is 4.11. The van der Waals surface area contributed by atoms with E-state index >= 15 is 0 Å². The molecule has 0 fully saturated rings. The smallest absolute Gasteiger partial charge is 0.262 e. The number of hydrogen-bond donors (Lipinski definition) is 2.